The summed E-state index contributed by atoms with van der Waals surface area (Å²) in [5, 5.41) is 12.4. The predicted molar refractivity (Wildman–Crippen MR) is 132 cm³/mol. The predicted octanol–water partition coefficient (Wildman–Crippen LogP) is 3.18. The molecule has 3 rings (SSSR count). The SMILES string of the molecule is CC1=C(Br)C(=O)C(Br)=C/C1=C(/c1ccccc1S(=O)(=O)O)c1cc(Br)c([O-])c(Br)c1C.[Na+]. The fourth-order valence-corrected chi connectivity index (χ4v) is 6.18. The fourth-order valence-electron chi connectivity index (χ4n) is 3.24. The number of hydrogen-bond donors (Lipinski definition) is 1. The Morgan fingerprint density at radius 3 is 2.22 bits per heavy atom. The minimum absolute atomic E-state index is 0. The molecule has 0 saturated carbocycles. The van der Waals surface area contributed by atoms with Crippen LogP contribution in [0.5, 0.6) is 5.75 Å². The van der Waals surface area contributed by atoms with E-state index in [1.54, 1.807) is 38.1 Å². The Hall–Kier alpha value is -0.0400. The molecule has 5 nitrogen and oxygen atoms in total. The molecular formula is C21H13Br4NaO5S. The van der Waals surface area contributed by atoms with E-state index in [1.165, 1.54) is 12.1 Å². The number of Topliss-reactive ketones (excluding diaryl/α,β-unsaturated/α-hetero) is 1. The summed E-state index contributed by atoms with van der Waals surface area (Å²) in [6, 6.07) is 7.62. The molecular weight excluding hydrogens is 707 g/mol. The number of hydrogen-bond acceptors (Lipinski definition) is 4. The van der Waals surface area contributed by atoms with Crippen molar-refractivity contribution in [3.05, 3.63) is 82.2 Å². The quantitative estimate of drug-likeness (QED) is 0.389. The standard InChI is InChI=1S/C21H14Br4O5S.Na/c1-9-12(7-14(22)20(26)18(9)24)17(11-5-3-4-6-16(11)31(28,29)30)13-8-15(23)21(27)19(25)10(13)2;/h3-8,26H,1-2H3,(H,28,29,30);/q;+1/p-1/b17-13+;. The largest absolute Gasteiger partial charge is 1.00 e. The van der Waals surface area contributed by atoms with Gasteiger partial charge in [0.25, 0.3) is 10.1 Å². The molecule has 0 bridgehead atoms. The number of carbonyl (C=O) groups is 1. The van der Waals surface area contributed by atoms with Crippen LogP contribution in [-0.2, 0) is 14.9 Å². The normalized spacial score (nSPS) is 16.0. The number of rotatable bonds is 3. The van der Waals surface area contributed by atoms with E-state index in [4.69, 9.17) is 0 Å². The molecule has 0 spiro atoms. The van der Waals surface area contributed by atoms with Gasteiger partial charge < -0.3 is 5.11 Å². The van der Waals surface area contributed by atoms with Crippen LogP contribution in [0.4, 0.5) is 0 Å². The van der Waals surface area contributed by atoms with Crippen LogP contribution in [0, 0.1) is 6.92 Å². The summed E-state index contributed by atoms with van der Waals surface area (Å²) in [6.45, 7) is 3.45. The number of allylic oxidation sites excluding steroid dienone is 5. The summed E-state index contributed by atoms with van der Waals surface area (Å²) in [5.74, 6) is -0.504. The molecule has 0 saturated heterocycles. The average Bonchev–Trinajstić information content (AvgIpc) is 2.72. The Morgan fingerprint density at radius 1 is 1.03 bits per heavy atom. The van der Waals surface area contributed by atoms with Gasteiger partial charge in [-0.25, -0.2) is 0 Å². The molecule has 0 fully saturated rings. The van der Waals surface area contributed by atoms with Crippen LogP contribution < -0.4 is 34.7 Å². The molecule has 11 heteroatoms. The van der Waals surface area contributed by atoms with Crippen LogP contribution in [0.3, 0.4) is 0 Å². The molecule has 2 aromatic carbocycles. The third-order valence-electron chi connectivity index (χ3n) is 4.81. The minimum atomic E-state index is -4.57. The van der Waals surface area contributed by atoms with E-state index in [1.807, 2.05) is 0 Å². The molecule has 162 valence electrons. The van der Waals surface area contributed by atoms with Crippen LogP contribution in [0.2, 0.25) is 0 Å². The first-order valence-electron chi connectivity index (χ1n) is 8.62. The van der Waals surface area contributed by atoms with Crippen molar-refractivity contribution >= 4 is 85.2 Å². The zero-order valence-electron chi connectivity index (χ0n) is 17.0. The molecule has 2 aromatic rings. The monoisotopic (exact) mass is 716 g/mol. The first-order valence-corrected chi connectivity index (χ1v) is 13.2. The average molecular weight is 720 g/mol. The van der Waals surface area contributed by atoms with Gasteiger partial charge in [0.2, 0.25) is 5.78 Å². The zero-order chi connectivity index (χ0) is 23.2. The number of ketones is 1. The van der Waals surface area contributed by atoms with Gasteiger partial charge in [-0.1, -0.05) is 55.8 Å². The van der Waals surface area contributed by atoms with Crippen LogP contribution in [0.1, 0.15) is 23.6 Å². The second-order valence-corrected chi connectivity index (χ2v) is 11.4. The van der Waals surface area contributed by atoms with Gasteiger partial charge in [0.15, 0.2) is 0 Å². The molecule has 0 atom stereocenters. The molecule has 0 aromatic heterocycles. The van der Waals surface area contributed by atoms with E-state index in [-0.39, 0.29) is 60.5 Å². The number of benzene rings is 2. The molecule has 0 aliphatic heterocycles. The van der Waals surface area contributed by atoms with Crippen molar-refractivity contribution in [1.29, 1.82) is 0 Å². The van der Waals surface area contributed by atoms with E-state index < -0.39 is 10.1 Å². The Labute approximate surface area is 241 Å². The summed E-state index contributed by atoms with van der Waals surface area (Å²) in [6.07, 6.45) is 1.60. The topological polar surface area (TPSA) is 94.5 Å². The van der Waals surface area contributed by atoms with Crippen molar-refractivity contribution in [2.75, 3.05) is 0 Å². The van der Waals surface area contributed by atoms with Crippen molar-refractivity contribution in [3.63, 3.8) is 0 Å². The molecule has 0 amide bonds. The first kappa shape index (κ1) is 28.2. The second-order valence-electron chi connectivity index (χ2n) is 6.69. The van der Waals surface area contributed by atoms with Crippen LogP contribution in [0.15, 0.2) is 70.4 Å². The smallest absolute Gasteiger partial charge is 0.871 e. The third kappa shape index (κ3) is 5.28. The summed E-state index contributed by atoms with van der Waals surface area (Å²) in [7, 11) is -4.57. The first-order chi connectivity index (χ1) is 14.4. The molecule has 1 N–H and O–H groups in total. The Morgan fingerprint density at radius 2 is 1.62 bits per heavy atom. The van der Waals surface area contributed by atoms with E-state index >= 15 is 0 Å². The molecule has 32 heavy (non-hydrogen) atoms. The van der Waals surface area contributed by atoms with Crippen LogP contribution in [0.25, 0.3) is 5.57 Å². The molecule has 1 aliphatic carbocycles. The Kier molecular flexibility index (Phi) is 9.43. The molecule has 0 unspecified atom stereocenters. The van der Waals surface area contributed by atoms with Gasteiger partial charge in [-0.2, -0.15) is 8.42 Å². The van der Waals surface area contributed by atoms with Crippen LogP contribution in [-0.4, -0.2) is 18.8 Å². The van der Waals surface area contributed by atoms with Crippen molar-refractivity contribution in [1.82, 2.24) is 0 Å². The summed E-state index contributed by atoms with van der Waals surface area (Å²) in [5.41, 5.74) is 2.92. The van der Waals surface area contributed by atoms with E-state index in [2.05, 4.69) is 63.7 Å². The maximum absolute atomic E-state index is 12.4. The second kappa shape index (κ2) is 10.7. The molecule has 1 aliphatic rings. The Balaban J connectivity index is 0.00000363. The third-order valence-corrected chi connectivity index (χ3v) is 8.81. The molecule has 0 heterocycles. The minimum Gasteiger partial charge on any atom is -0.871 e. The Bertz CT molecular complexity index is 1340. The van der Waals surface area contributed by atoms with Gasteiger partial charge in [0.1, 0.15) is 4.90 Å². The number of carbonyl (C=O) groups excluding carboxylic acids is 1. The van der Waals surface area contributed by atoms with E-state index in [9.17, 15) is 22.9 Å². The maximum Gasteiger partial charge on any atom is 1.00 e. The molecule has 0 radical (unpaired) electrons. The van der Waals surface area contributed by atoms with Crippen molar-refractivity contribution < 1.29 is 52.4 Å². The summed E-state index contributed by atoms with van der Waals surface area (Å²) < 4.78 is 35.4. The van der Waals surface area contributed by atoms with E-state index in [0.717, 1.165) is 0 Å². The van der Waals surface area contributed by atoms with Gasteiger partial charge in [-0.15, -0.1) is 0 Å². The van der Waals surface area contributed by atoms with Crippen LogP contribution >= 0.6 is 63.7 Å². The van der Waals surface area contributed by atoms with Gasteiger partial charge in [-0.3, -0.25) is 9.35 Å². The van der Waals surface area contributed by atoms with Gasteiger partial charge >= 0.3 is 29.6 Å². The maximum atomic E-state index is 12.4. The summed E-state index contributed by atoms with van der Waals surface area (Å²) >= 11 is 13.2. The summed E-state index contributed by atoms with van der Waals surface area (Å²) in [4.78, 5) is 12.1. The van der Waals surface area contributed by atoms with Crippen molar-refractivity contribution in [3.8, 4) is 5.75 Å². The van der Waals surface area contributed by atoms with Gasteiger partial charge in [0.05, 0.1) is 8.96 Å². The van der Waals surface area contributed by atoms with E-state index in [0.29, 0.717) is 36.8 Å². The fraction of sp³-hybridized carbons (Fsp3) is 0.0952. The van der Waals surface area contributed by atoms with Gasteiger partial charge in [0, 0.05) is 14.5 Å². The van der Waals surface area contributed by atoms with Crippen molar-refractivity contribution in [2.24, 2.45) is 0 Å². The number of halogens is 4. The zero-order valence-corrected chi connectivity index (χ0v) is 26.1. The van der Waals surface area contributed by atoms with Crippen molar-refractivity contribution in [2.45, 2.75) is 18.7 Å². The van der Waals surface area contributed by atoms with Gasteiger partial charge in [-0.05, 0) is 91.8 Å².